The van der Waals surface area contributed by atoms with Gasteiger partial charge in [0.05, 0.1) is 11.8 Å². The topological polar surface area (TPSA) is 32.6 Å². The summed E-state index contributed by atoms with van der Waals surface area (Å²) in [6, 6.07) is 0.260. The Hall–Kier alpha value is -0.790. The number of allylic oxidation sites excluding steroid dienone is 1. The largest absolute Gasteiger partial charge is 0.512 e. The van der Waals surface area contributed by atoms with E-state index in [1.807, 2.05) is 13.8 Å². The van der Waals surface area contributed by atoms with E-state index < -0.39 is 0 Å². The molecule has 1 aliphatic rings. The third-order valence-corrected chi connectivity index (χ3v) is 1.73. The molecule has 0 unspecified atom stereocenters. The zero-order chi connectivity index (χ0) is 7.56. The van der Waals surface area contributed by atoms with Gasteiger partial charge in [-0.2, -0.15) is 0 Å². The third kappa shape index (κ3) is 1.38. The Kier molecular flexibility index (Phi) is 2.10. The predicted molar refractivity (Wildman–Crippen MR) is 42.5 cm³/mol. The first-order valence-corrected chi connectivity index (χ1v) is 3.68. The first-order chi connectivity index (χ1) is 4.74. The van der Waals surface area contributed by atoms with E-state index >= 15 is 0 Å². The fraction of sp³-hybridized carbons (Fsp3) is 0.625. The highest BCUT2D eigenvalue weighted by Gasteiger charge is 2.10. The summed E-state index contributed by atoms with van der Waals surface area (Å²) in [5, 5.41) is 9.33. The van der Waals surface area contributed by atoms with E-state index in [4.69, 9.17) is 0 Å². The van der Waals surface area contributed by atoms with Crippen molar-refractivity contribution in [1.82, 2.24) is 0 Å². The van der Waals surface area contributed by atoms with Gasteiger partial charge in [-0.25, -0.2) is 0 Å². The molecule has 0 radical (unpaired) electrons. The lowest BCUT2D eigenvalue weighted by Crippen LogP contribution is -2.08. The maximum Gasteiger partial charge on any atom is 0.0990 e. The van der Waals surface area contributed by atoms with Gasteiger partial charge < -0.3 is 5.11 Å². The molecule has 0 aromatic rings. The van der Waals surface area contributed by atoms with Crippen LogP contribution in [-0.4, -0.2) is 17.4 Å². The van der Waals surface area contributed by atoms with Crippen molar-refractivity contribution in [3.63, 3.8) is 0 Å². The zero-order valence-corrected chi connectivity index (χ0v) is 6.46. The summed E-state index contributed by atoms with van der Waals surface area (Å²) in [7, 11) is 0. The van der Waals surface area contributed by atoms with Crippen LogP contribution in [0.3, 0.4) is 0 Å². The van der Waals surface area contributed by atoms with Crippen LogP contribution >= 0.6 is 0 Å². The Bertz CT molecular complexity index is 182. The van der Waals surface area contributed by atoms with Gasteiger partial charge in [0.25, 0.3) is 0 Å². The SMILES string of the molecule is CCC1=C(O)C[C@H](C)N=C1. The Morgan fingerprint density at radius 2 is 2.50 bits per heavy atom. The Labute approximate surface area is 61.3 Å². The van der Waals surface area contributed by atoms with Crippen LogP contribution in [0.2, 0.25) is 0 Å². The zero-order valence-electron chi connectivity index (χ0n) is 6.46. The fourth-order valence-corrected chi connectivity index (χ4v) is 1.05. The molecular formula is C8H13NO. The maximum absolute atomic E-state index is 9.33. The van der Waals surface area contributed by atoms with Crippen molar-refractivity contribution in [2.24, 2.45) is 4.99 Å². The minimum atomic E-state index is 0.260. The van der Waals surface area contributed by atoms with Crippen molar-refractivity contribution in [3.8, 4) is 0 Å². The molecule has 0 saturated carbocycles. The Morgan fingerprint density at radius 3 is 3.00 bits per heavy atom. The number of hydrogen-bond donors (Lipinski definition) is 1. The number of aliphatic hydroxyl groups is 1. The van der Waals surface area contributed by atoms with E-state index in [1.165, 1.54) is 0 Å². The molecule has 0 spiro atoms. The molecule has 0 aliphatic carbocycles. The van der Waals surface area contributed by atoms with Gasteiger partial charge >= 0.3 is 0 Å². The quantitative estimate of drug-likeness (QED) is 0.592. The molecule has 0 saturated heterocycles. The fourth-order valence-electron chi connectivity index (χ4n) is 1.05. The van der Waals surface area contributed by atoms with E-state index in [0.717, 1.165) is 12.0 Å². The summed E-state index contributed by atoms with van der Waals surface area (Å²) in [6.45, 7) is 4.02. The lowest BCUT2D eigenvalue weighted by Gasteiger charge is -2.13. The molecule has 0 amide bonds. The number of dihydropyridines is 1. The Balaban J connectivity index is 2.73. The summed E-state index contributed by atoms with van der Waals surface area (Å²) in [5.41, 5.74) is 0.984. The highest BCUT2D eigenvalue weighted by molar-refractivity contribution is 5.80. The van der Waals surface area contributed by atoms with Crippen LogP contribution in [-0.2, 0) is 0 Å². The van der Waals surface area contributed by atoms with Crippen molar-refractivity contribution >= 4 is 6.21 Å². The lowest BCUT2D eigenvalue weighted by atomic mass is 10.1. The monoisotopic (exact) mass is 139 g/mol. The summed E-state index contributed by atoms with van der Waals surface area (Å²) in [4.78, 5) is 4.19. The number of rotatable bonds is 1. The average molecular weight is 139 g/mol. The average Bonchev–Trinajstić information content (AvgIpc) is 1.88. The summed E-state index contributed by atoms with van der Waals surface area (Å²) in [5.74, 6) is 0.519. The second-order valence-corrected chi connectivity index (χ2v) is 2.66. The Morgan fingerprint density at radius 1 is 1.80 bits per heavy atom. The molecule has 2 heteroatoms. The van der Waals surface area contributed by atoms with Gasteiger partial charge in [-0.15, -0.1) is 0 Å². The van der Waals surface area contributed by atoms with Crippen molar-refractivity contribution in [2.45, 2.75) is 32.7 Å². The van der Waals surface area contributed by atoms with Crippen LogP contribution in [0.5, 0.6) is 0 Å². The standard InChI is InChI=1S/C8H13NO/c1-3-7-5-9-6(2)4-8(7)10/h5-6,10H,3-4H2,1-2H3/t6-/m0/s1. The second kappa shape index (κ2) is 2.86. The molecule has 2 nitrogen and oxygen atoms in total. The molecule has 1 heterocycles. The molecule has 1 N–H and O–H groups in total. The van der Waals surface area contributed by atoms with Gasteiger partial charge in [-0.1, -0.05) is 6.92 Å². The second-order valence-electron chi connectivity index (χ2n) is 2.66. The van der Waals surface area contributed by atoms with Gasteiger partial charge in [-0.3, -0.25) is 4.99 Å². The minimum Gasteiger partial charge on any atom is -0.512 e. The van der Waals surface area contributed by atoms with Crippen LogP contribution < -0.4 is 0 Å². The van der Waals surface area contributed by atoms with Crippen molar-refractivity contribution < 1.29 is 5.11 Å². The number of aliphatic imine (C=N–C) groups is 1. The van der Waals surface area contributed by atoms with E-state index in [2.05, 4.69) is 4.99 Å². The highest BCUT2D eigenvalue weighted by Crippen LogP contribution is 2.16. The van der Waals surface area contributed by atoms with Crippen LogP contribution in [0.25, 0.3) is 0 Å². The summed E-state index contributed by atoms with van der Waals surface area (Å²) >= 11 is 0. The van der Waals surface area contributed by atoms with Gasteiger partial charge in [0.1, 0.15) is 0 Å². The van der Waals surface area contributed by atoms with E-state index in [1.54, 1.807) is 6.21 Å². The third-order valence-electron chi connectivity index (χ3n) is 1.73. The number of aliphatic hydroxyl groups excluding tert-OH is 1. The van der Waals surface area contributed by atoms with Crippen molar-refractivity contribution in [3.05, 3.63) is 11.3 Å². The summed E-state index contributed by atoms with van der Waals surface area (Å²) in [6.07, 6.45) is 3.37. The molecule has 56 valence electrons. The van der Waals surface area contributed by atoms with Crippen molar-refractivity contribution in [1.29, 1.82) is 0 Å². The molecule has 1 rings (SSSR count). The molecule has 1 atom stereocenters. The molecule has 10 heavy (non-hydrogen) atoms. The molecule has 0 aromatic heterocycles. The number of hydrogen-bond acceptors (Lipinski definition) is 2. The normalized spacial score (nSPS) is 25.6. The first-order valence-electron chi connectivity index (χ1n) is 3.68. The lowest BCUT2D eigenvalue weighted by molar-refractivity contribution is 0.369. The minimum absolute atomic E-state index is 0.260. The summed E-state index contributed by atoms with van der Waals surface area (Å²) < 4.78 is 0. The molecular weight excluding hydrogens is 126 g/mol. The molecule has 1 aliphatic heterocycles. The number of nitrogens with zero attached hydrogens (tertiary/aromatic N) is 1. The van der Waals surface area contributed by atoms with Gasteiger partial charge in [-0.05, 0) is 13.3 Å². The van der Waals surface area contributed by atoms with Crippen LogP contribution in [0.1, 0.15) is 26.7 Å². The van der Waals surface area contributed by atoms with E-state index in [-0.39, 0.29) is 6.04 Å². The van der Waals surface area contributed by atoms with E-state index in [9.17, 15) is 5.11 Å². The molecule has 0 bridgehead atoms. The van der Waals surface area contributed by atoms with Gasteiger partial charge in [0.15, 0.2) is 0 Å². The van der Waals surface area contributed by atoms with Gasteiger partial charge in [0, 0.05) is 18.2 Å². The van der Waals surface area contributed by atoms with Crippen LogP contribution in [0.15, 0.2) is 16.3 Å². The van der Waals surface area contributed by atoms with Crippen LogP contribution in [0, 0.1) is 0 Å². The smallest absolute Gasteiger partial charge is 0.0990 e. The first kappa shape index (κ1) is 7.32. The van der Waals surface area contributed by atoms with E-state index in [0.29, 0.717) is 12.2 Å². The maximum atomic E-state index is 9.33. The highest BCUT2D eigenvalue weighted by atomic mass is 16.3. The predicted octanol–water partition coefficient (Wildman–Crippen LogP) is 2.07. The molecule has 0 fully saturated rings. The molecule has 0 aromatic carbocycles. The van der Waals surface area contributed by atoms with Crippen molar-refractivity contribution in [2.75, 3.05) is 0 Å². The van der Waals surface area contributed by atoms with Gasteiger partial charge in [0.2, 0.25) is 0 Å². The van der Waals surface area contributed by atoms with Crippen LogP contribution in [0.4, 0.5) is 0 Å².